The number of hydrogen-bond acceptors (Lipinski definition) is 8. The van der Waals surface area contributed by atoms with E-state index in [0.717, 1.165) is 124 Å². The van der Waals surface area contributed by atoms with Crippen LogP contribution in [0.15, 0.2) is 303 Å². The molecule has 4 atom stereocenters. The molecule has 0 aliphatic heterocycles. The van der Waals surface area contributed by atoms with Crippen LogP contribution in [-0.2, 0) is 19.9 Å². The maximum absolute atomic E-state index is 7.86. The van der Waals surface area contributed by atoms with Gasteiger partial charge in [0.05, 0.1) is 54.9 Å². The summed E-state index contributed by atoms with van der Waals surface area (Å²) in [5, 5.41) is 3.40. The van der Waals surface area contributed by atoms with Crippen molar-refractivity contribution in [2.24, 2.45) is 0 Å². The Labute approximate surface area is 601 Å². The van der Waals surface area contributed by atoms with Crippen LogP contribution in [-0.4, -0.2) is 51.3 Å². The van der Waals surface area contributed by atoms with Gasteiger partial charge in [-0.25, -0.2) is 0 Å². The minimum atomic E-state index is -0.787. The van der Waals surface area contributed by atoms with Gasteiger partial charge in [0.25, 0.3) is 0 Å². The molecule has 0 aliphatic carbocycles. The van der Waals surface area contributed by atoms with Crippen LogP contribution in [0.25, 0.3) is 0 Å². The van der Waals surface area contributed by atoms with Crippen molar-refractivity contribution in [3.8, 4) is 57.5 Å². The third-order valence-corrected chi connectivity index (χ3v) is 22.5. The van der Waals surface area contributed by atoms with E-state index in [1.807, 2.05) is 147 Å². The van der Waals surface area contributed by atoms with Gasteiger partial charge >= 0.3 is 0 Å². The van der Waals surface area contributed by atoms with Gasteiger partial charge in [-0.2, -0.15) is 0 Å². The van der Waals surface area contributed by atoms with E-state index in [9.17, 15) is 0 Å². The standard InChI is InChI=1S/C48H50O5Si2.C40H34O3Si2/c1-9-49-37-23-27-41(28-24-37)54-47(7,43-31-21-33(3)45(35(43)5)51-39-17-13-11-14-18-39)53-48(8,55-42-29-25-38(26-30-42)50-10-2)44-32-22-34(4)46(36(44)6)52-40-19-15-12-16-20-40;1-5-17-33(18-6-1)41-35-21-13-15-31(27-35)39(29-44-37-23-9-3-10-24-37)43-40(30-45-38-25-11-4-12-26-38)32-16-14-22-36(28-32)42-34-19-7-2-8-20-34/h11-32H,9-10H2,1-8H3;1-28,39-40H,29-30H2. The molecule has 12 heteroatoms. The van der Waals surface area contributed by atoms with Gasteiger partial charge in [0.15, 0.2) is 0 Å². The third kappa shape index (κ3) is 19.8. The monoisotopic (exact) mass is 1380 g/mol. The number of hydrogen-bond donors (Lipinski definition) is 0. The van der Waals surface area contributed by atoms with Crippen molar-refractivity contribution in [2.75, 3.05) is 13.2 Å². The van der Waals surface area contributed by atoms with E-state index in [2.05, 4.69) is 211 Å². The van der Waals surface area contributed by atoms with Crippen LogP contribution in [0.3, 0.4) is 0 Å². The van der Waals surface area contributed by atoms with Gasteiger partial charge in [-0.05, 0) is 209 Å². The fraction of sp³-hybridized carbons (Fsp3) is 0.182. The normalized spacial score (nSPS) is 12.9. The van der Waals surface area contributed by atoms with Crippen molar-refractivity contribution in [1.82, 2.24) is 0 Å². The van der Waals surface area contributed by atoms with E-state index in [4.69, 9.17) is 37.9 Å². The van der Waals surface area contributed by atoms with Gasteiger partial charge in [-0.3, -0.25) is 0 Å². The third-order valence-electron chi connectivity index (χ3n) is 16.9. The molecule has 0 saturated heterocycles. The van der Waals surface area contributed by atoms with Crippen molar-refractivity contribution in [3.63, 3.8) is 0 Å². The number of para-hydroxylation sites is 4. The topological polar surface area (TPSA) is 73.8 Å². The smallest absolute Gasteiger partial charge is 0.133 e. The predicted molar refractivity (Wildman–Crippen MR) is 412 cm³/mol. The molecule has 0 heterocycles. The molecule has 0 saturated carbocycles. The molecule has 12 aromatic carbocycles. The lowest BCUT2D eigenvalue weighted by Gasteiger charge is -2.43. The predicted octanol–water partition coefficient (Wildman–Crippen LogP) is 19.4. The Hall–Kier alpha value is -9.77. The van der Waals surface area contributed by atoms with E-state index >= 15 is 0 Å². The van der Waals surface area contributed by atoms with Crippen LogP contribution in [0, 0.1) is 27.7 Å². The highest BCUT2D eigenvalue weighted by atomic mass is 28.2. The Kier molecular flexibility index (Phi) is 25.3. The lowest BCUT2D eigenvalue weighted by Crippen LogP contribution is -2.50. The second-order valence-electron chi connectivity index (χ2n) is 24.5. The average molecular weight is 1380 g/mol. The molecule has 8 nitrogen and oxygen atoms in total. The first-order chi connectivity index (χ1) is 48.8. The highest BCUT2D eigenvalue weighted by Gasteiger charge is 2.43. The minimum Gasteiger partial charge on any atom is -0.494 e. The van der Waals surface area contributed by atoms with Gasteiger partial charge in [0.1, 0.15) is 76.5 Å². The largest absolute Gasteiger partial charge is 0.494 e. The molecule has 0 aromatic heterocycles. The van der Waals surface area contributed by atoms with E-state index in [-0.39, 0.29) is 31.2 Å². The zero-order chi connectivity index (χ0) is 69.5. The summed E-state index contributed by atoms with van der Waals surface area (Å²) in [6.45, 7) is 18.2. The van der Waals surface area contributed by atoms with Crippen LogP contribution in [0.2, 0.25) is 12.1 Å². The molecule has 12 rings (SSSR count). The Morgan fingerprint density at radius 1 is 0.310 bits per heavy atom. The number of rotatable bonds is 30. The van der Waals surface area contributed by atoms with Gasteiger partial charge in [-0.1, -0.05) is 227 Å². The van der Waals surface area contributed by atoms with Crippen molar-refractivity contribution < 1.29 is 37.9 Å². The number of aryl methyl sites for hydroxylation is 2. The maximum atomic E-state index is 7.86. The second kappa shape index (κ2) is 35.3. The Bertz CT molecular complexity index is 4190. The van der Waals surface area contributed by atoms with Crippen LogP contribution in [0.5, 0.6) is 57.5 Å². The maximum Gasteiger partial charge on any atom is 0.133 e. The van der Waals surface area contributed by atoms with E-state index in [1.54, 1.807) is 0 Å². The molecule has 0 N–H and O–H groups in total. The molecule has 0 bridgehead atoms. The first-order valence-corrected chi connectivity index (χ1v) is 38.5. The first kappa shape index (κ1) is 71.5. The lowest BCUT2D eigenvalue weighted by molar-refractivity contribution is -0.0591. The van der Waals surface area contributed by atoms with E-state index in [0.29, 0.717) is 32.3 Å². The fourth-order valence-electron chi connectivity index (χ4n) is 12.1. The Balaban J connectivity index is 0.000000206. The lowest BCUT2D eigenvalue weighted by atomic mass is 9.97. The summed E-state index contributed by atoms with van der Waals surface area (Å²) in [7, 11) is 1.70. The summed E-state index contributed by atoms with van der Waals surface area (Å²) < 4.78 is 52.4. The zero-order valence-corrected chi connectivity index (χ0v) is 62.1. The van der Waals surface area contributed by atoms with E-state index < -0.39 is 10.4 Å². The molecule has 0 aliphatic rings. The molecule has 500 valence electrons. The van der Waals surface area contributed by atoms with Gasteiger partial charge in [0.2, 0.25) is 0 Å². The first-order valence-electron chi connectivity index (χ1n) is 34.1. The summed E-state index contributed by atoms with van der Waals surface area (Å²) in [4.78, 5) is 0. The summed E-state index contributed by atoms with van der Waals surface area (Å²) in [5.74, 6) is 8.22. The van der Waals surface area contributed by atoms with Crippen LogP contribution in [0.1, 0.15) is 84.4 Å². The molecule has 0 fully saturated rings. The molecular formula is C88H84O8Si4. The minimum absolute atomic E-state index is 0.132. The summed E-state index contributed by atoms with van der Waals surface area (Å²) in [6, 6.07) is 105. The number of ether oxygens (including phenoxy) is 8. The van der Waals surface area contributed by atoms with Crippen molar-refractivity contribution in [2.45, 2.75) is 90.1 Å². The molecule has 0 spiro atoms. The molecule has 12 aromatic rings. The second-order valence-corrected chi connectivity index (χ2v) is 30.8. The number of benzene rings is 12. The van der Waals surface area contributed by atoms with E-state index in [1.165, 1.54) is 10.4 Å². The highest BCUT2D eigenvalue weighted by molar-refractivity contribution is 6.58. The summed E-state index contributed by atoms with van der Waals surface area (Å²) >= 11 is 0. The van der Waals surface area contributed by atoms with Crippen LogP contribution >= 0.6 is 0 Å². The zero-order valence-electron chi connectivity index (χ0n) is 58.1. The quantitative estimate of drug-likeness (QED) is 0.0412. The van der Waals surface area contributed by atoms with Crippen molar-refractivity contribution in [1.29, 1.82) is 0 Å². The molecule has 4 unspecified atom stereocenters. The summed E-state index contributed by atoms with van der Waals surface area (Å²) in [5.41, 5.74) is 8.58. The van der Waals surface area contributed by atoms with Crippen LogP contribution in [0.4, 0.5) is 0 Å². The van der Waals surface area contributed by atoms with Gasteiger partial charge in [0, 0.05) is 0 Å². The fourth-order valence-corrected chi connectivity index (χ4v) is 17.7. The van der Waals surface area contributed by atoms with Crippen molar-refractivity contribution >= 4 is 58.8 Å². The Morgan fingerprint density at radius 3 is 0.970 bits per heavy atom. The van der Waals surface area contributed by atoms with Crippen LogP contribution < -0.4 is 49.2 Å². The molecule has 0 amide bonds. The average Bonchev–Trinajstić information content (AvgIpc) is 0.751. The van der Waals surface area contributed by atoms with Gasteiger partial charge < -0.3 is 37.9 Å². The highest BCUT2D eigenvalue weighted by Crippen LogP contribution is 2.44. The summed E-state index contributed by atoms with van der Waals surface area (Å²) in [6.07, 6.45) is -0.265. The molecule has 8 radical (unpaired) electrons. The SMILES string of the molecule is CCOc1ccc([Si]C(C)(OC(C)([Si]c2ccc(OCC)cc2)c2ccc(C)c(Oc3ccccc3)c2C)c2ccc(C)c(Oc3ccccc3)c2C)cc1.c1ccc(Oc2cccc(C(C[Si]c3ccccc3)OC(C[Si]c3ccccc3)c3cccc(Oc4ccccc4)c3)c2)cc1. The molecule has 100 heavy (non-hydrogen) atoms. The van der Waals surface area contributed by atoms with Gasteiger partial charge in [-0.15, -0.1) is 0 Å². The molecular weight excluding hydrogens is 1300 g/mol. The Morgan fingerprint density at radius 2 is 0.630 bits per heavy atom. The van der Waals surface area contributed by atoms with Crippen molar-refractivity contribution in [3.05, 3.63) is 348 Å².